The van der Waals surface area contributed by atoms with E-state index in [1.807, 2.05) is 12.1 Å². The molecular weight excluding hydrogens is 423 g/mol. The minimum absolute atomic E-state index is 0.00396. The maximum atomic E-state index is 11.9. The largest absolute Gasteiger partial charge is 0.454 e. The van der Waals surface area contributed by atoms with Crippen LogP contribution in [0.3, 0.4) is 0 Å². The maximum Gasteiger partial charge on any atom is 0.325 e. The number of carbonyl (C=O) groups excluding carboxylic acids is 3. The lowest BCUT2D eigenvalue weighted by molar-refractivity contribution is -0.147. The Morgan fingerprint density at radius 2 is 1.75 bits per heavy atom. The fourth-order valence-corrected chi connectivity index (χ4v) is 2.96. The van der Waals surface area contributed by atoms with E-state index in [-0.39, 0.29) is 25.0 Å². The van der Waals surface area contributed by atoms with Crippen LogP contribution in [-0.2, 0) is 19.1 Å². The van der Waals surface area contributed by atoms with Crippen molar-refractivity contribution in [3.05, 3.63) is 27.8 Å². The molecule has 6 nitrogen and oxygen atoms in total. The predicted molar refractivity (Wildman–Crippen MR) is 98.3 cm³/mol. The number of rotatable bonds is 6. The molecule has 2 rings (SSSR count). The van der Waals surface area contributed by atoms with E-state index in [4.69, 9.17) is 4.74 Å². The summed E-state index contributed by atoms with van der Waals surface area (Å²) in [5, 5.41) is 5.22. The third-order valence-corrected chi connectivity index (χ3v) is 4.59. The lowest BCUT2D eigenvalue weighted by atomic mass is 9.89. The molecular formula is C17H21IN2O4. The zero-order chi connectivity index (χ0) is 17.4. The molecule has 1 aliphatic rings. The van der Waals surface area contributed by atoms with Crippen molar-refractivity contribution >= 4 is 46.1 Å². The molecule has 1 aromatic rings. The number of hydrogen-bond acceptors (Lipinski definition) is 4. The van der Waals surface area contributed by atoms with Gasteiger partial charge in [0.25, 0.3) is 5.91 Å². The summed E-state index contributed by atoms with van der Waals surface area (Å²) in [5.41, 5.74) is 0.641. The lowest BCUT2D eigenvalue weighted by Gasteiger charge is -2.20. The fraction of sp³-hybridized carbons (Fsp3) is 0.471. The molecule has 1 aromatic carbocycles. The lowest BCUT2D eigenvalue weighted by Crippen LogP contribution is -2.36. The van der Waals surface area contributed by atoms with Gasteiger partial charge in [0.1, 0.15) is 6.54 Å². The first kappa shape index (κ1) is 18.7. The summed E-state index contributed by atoms with van der Waals surface area (Å²) in [4.78, 5) is 35.2. The highest BCUT2D eigenvalue weighted by Gasteiger charge is 2.21. The van der Waals surface area contributed by atoms with Gasteiger partial charge in [-0.3, -0.25) is 14.4 Å². The second-order valence-electron chi connectivity index (χ2n) is 5.77. The van der Waals surface area contributed by atoms with E-state index in [0.717, 1.165) is 29.3 Å². The molecule has 7 heteroatoms. The second-order valence-corrected chi connectivity index (χ2v) is 7.01. The van der Waals surface area contributed by atoms with Crippen LogP contribution in [0.4, 0.5) is 5.69 Å². The normalized spacial score (nSPS) is 14.7. The number of nitrogens with one attached hydrogen (secondary N) is 2. The minimum atomic E-state index is -0.614. The number of hydrogen-bond donors (Lipinski definition) is 2. The number of carbonyl (C=O) groups is 3. The SMILES string of the molecule is O=C(COC(=O)CNC(=O)C1CCCCC1)Nc1ccc(I)cc1. The average Bonchev–Trinajstić information content (AvgIpc) is 2.60. The van der Waals surface area contributed by atoms with Gasteiger partial charge in [0.05, 0.1) is 0 Å². The van der Waals surface area contributed by atoms with Crippen LogP contribution in [0.2, 0.25) is 0 Å². The topological polar surface area (TPSA) is 84.5 Å². The van der Waals surface area contributed by atoms with E-state index >= 15 is 0 Å². The van der Waals surface area contributed by atoms with Crippen LogP contribution in [0, 0.1) is 9.49 Å². The number of halogens is 1. The molecule has 2 N–H and O–H groups in total. The van der Waals surface area contributed by atoms with E-state index in [1.54, 1.807) is 12.1 Å². The van der Waals surface area contributed by atoms with E-state index in [2.05, 4.69) is 33.2 Å². The van der Waals surface area contributed by atoms with Crippen molar-refractivity contribution < 1.29 is 19.1 Å². The summed E-state index contributed by atoms with van der Waals surface area (Å²) in [7, 11) is 0. The molecule has 0 spiro atoms. The zero-order valence-corrected chi connectivity index (χ0v) is 15.5. The predicted octanol–water partition coefficient (Wildman–Crippen LogP) is 2.47. The first-order valence-electron chi connectivity index (χ1n) is 8.03. The van der Waals surface area contributed by atoms with Crippen molar-refractivity contribution in [2.45, 2.75) is 32.1 Å². The highest BCUT2D eigenvalue weighted by molar-refractivity contribution is 14.1. The van der Waals surface area contributed by atoms with Gasteiger partial charge in [0, 0.05) is 15.2 Å². The number of esters is 1. The van der Waals surface area contributed by atoms with Crippen LogP contribution in [0.25, 0.3) is 0 Å². The van der Waals surface area contributed by atoms with Gasteiger partial charge < -0.3 is 15.4 Å². The van der Waals surface area contributed by atoms with E-state index < -0.39 is 11.9 Å². The highest BCUT2D eigenvalue weighted by Crippen LogP contribution is 2.23. The van der Waals surface area contributed by atoms with Crippen LogP contribution in [0.15, 0.2) is 24.3 Å². The molecule has 1 saturated carbocycles. The fourth-order valence-electron chi connectivity index (χ4n) is 2.60. The number of benzene rings is 1. The zero-order valence-electron chi connectivity index (χ0n) is 13.3. The molecule has 1 aliphatic carbocycles. The van der Waals surface area contributed by atoms with Crippen LogP contribution >= 0.6 is 22.6 Å². The van der Waals surface area contributed by atoms with Crippen molar-refractivity contribution in [1.29, 1.82) is 0 Å². The molecule has 0 radical (unpaired) electrons. The van der Waals surface area contributed by atoms with Gasteiger partial charge in [-0.25, -0.2) is 0 Å². The first-order chi connectivity index (χ1) is 11.5. The Hall–Kier alpha value is -1.64. The standard InChI is InChI=1S/C17H21IN2O4/c18-13-6-8-14(9-7-13)20-15(21)11-24-16(22)10-19-17(23)12-4-2-1-3-5-12/h6-9,12H,1-5,10-11H2,(H,19,23)(H,20,21). The molecule has 0 atom stereocenters. The molecule has 0 bridgehead atoms. The third-order valence-electron chi connectivity index (χ3n) is 3.88. The van der Waals surface area contributed by atoms with Crippen LogP contribution in [0.1, 0.15) is 32.1 Å². The van der Waals surface area contributed by atoms with Gasteiger partial charge >= 0.3 is 5.97 Å². The average molecular weight is 444 g/mol. The van der Waals surface area contributed by atoms with E-state index in [9.17, 15) is 14.4 Å². The summed E-state index contributed by atoms with van der Waals surface area (Å²) < 4.78 is 5.93. The molecule has 0 aromatic heterocycles. The molecule has 0 unspecified atom stereocenters. The highest BCUT2D eigenvalue weighted by atomic mass is 127. The molecule has 1 fully saturated rings. The van der Waals surface area contributed by atoms with Crippen molar-refractivity contribution in [1.82, 2.24) is 5.32 Å². The van der Waals surface area contributed by atoms with Crippen molar-refractivity contribution in [3.8, 4) is 0 Å². The van der Waals surface area contributed by atoms with Gasteiger partial charge in [0.15, 0.2) is 6.61 Å². The van der Waals surface area contributed by atoms with E-state index in [1.165, 1.54) is 6.42 Å². The summed E-state index contributed by atoms with van der Waals surface area (Å²) >= 11 is 2.17. The molecule has 2 amide bonds. The molecule has 24 heavy (non-hydrogen) atoms. The summed E-state index contributed by atoms with van der Waals surface area (Å²) in [6.07, 6.45) is 5.03. The van der Waals surface area contributed by atoms with Crippen LogP contribution in [-0.4, -0.2) is 30.9 Å². The molecule has 130 valence electrons. The smallest absolute Gasteiger partial charge is 0.325 e. The van der Waals surface area contributed by atoms with Gasteiger partial charge in [-0.05, 0) is 59.7 Å². The Morgan fingerprint density at radius 3 is 2.42 bits per heavy atom. The van der Waals surface area contributed by atoms with Crippen LogP contribution in [0.5, 0.6) is 0 Å². The molecule has 0 heterocycles. The molecule has 0 aliphatic heterocycles. The summed E-state index contributed by atoms with van der Waals surface area (Å²) in [6.45, 7) is -0.573. The third kappa shape index (κ3) is 6.46. The van der Waals surface area contributed by atoms with Crippen LogP contribution < -0.4 is 10.6 Å². The first-order valence-corrected chi connectivity index (χ1v) is 9.11. The Bertz CT molecular complexity index is 583. The number of anilines is 1. The Labute approximate surface area is 154 Å². The summed E-state index contributed by atoms with van der Waals surface area (Å²) in [5.74, 6) is -1.13. The quantitative estimate of drug-likeness (QED) is 0.522. The van der Waals surface area contributed by atoms with Gasteiger partial charge in [0.2, 0.25) is 5.91 Å². The van der Waals surface area contributed by atoms with E-state index in [0.29, 0.717) is 5.69 Å². The second kappa shape index (κ2) is 9.61. The number of amides is 2. The van der Waals surface area contributed by atoms with Crippen molar-refractivity contribution in [3.63, 3.8) is 0 Å². The maximum absolute atomic E-state index is 11.9. The minimum Gasteiger partial charge on any atom is -0.454 e. The number of ether oxygens (including phenoxy) is 1. The van der Waals surface area contributed by atoms with Gasteiger partial charge in [-0.2, -0.15) is 0 Å². The Morgan fingerprint density at radius 1 is 1.08 bits per heavy atom. The van der Waals surface area contributed by atoms with Crippen molar-refractivity contribution in [2.24, 2.45) is 5.92 Å². The Balaban J connectivity index is 1.64. The van der Waals surface area contributed by atoms with Crippen molar-refractivity contribution in [2.75, 3.05) is 18.5 Å². The molecule has 0 saturated heterocycles. The van der Waals surface area contributed by atoms with Gasteiger partial charge in [-0.15, -0.1) is 0 Å². The van der Waals surface area contributed by atoms with Gasteiger partial charge in [-0.1, -0.05) is 19.3 Å². The Kier molecular flexibility index (Phi) is 7.48. The monoisotopic (exact) mass is 444 g/mol. The summed E-state index contributed by atoms with van der Waals surface area (Å²) in [6, 6.07) is 7.27.